The zero-order valence-electron chi connectivity index (χ0n) is 11.1. The fourth-order valence-electron chi connectivity index (χ4n) is 2.05. The molecule has 6 heteroatoms. The summed E-state index contributed by atoms with van der Waals surface area (Å²) in [6, 6.07) is 0. The van der Waals surface area contributed by atoms with Crippen LogP contribution in [-0.2, 0) is 10.0 Å². The molecule has 1 heterocycles. The van der Waals surface area contributed by atoms with Crippen LogP contribution in [-0.4, -0.2) is 62.6 Å². The Morgan fingerprint density at radius 3 is 2.06 bits per heavy atom. The molecule has 1 fully saturated rings. The molecule has 0 amide bonds. The standard InChI is InChI=1S/C11H25N3O2S/c1-11(2,3)10-17(15,16)14-8-6-13(5-4-12)7-9-14/h4-10,12H2,1-3H3. The summed E-state index contributed by atoms with van der Waals surface area (Å²) in [5, 5.41) is 0. The zero-order valence-corrected chi connectivity index (χ0v) is 12.0. The summed E-state index contributed by atoms with van der Waals surface area (Å²) in [5.41, 5.74) is 5.30. The first-order valence-electron chi connectivity index (χ1n) is 6.15. The normalized spacial score (nSPS) is 20.7. The number of piperazine rings is 1. The molecule has 1 saturated heterocycles. The van der Waals surface area contributed by atoms with Crippen molar-refractivity contribution in [1.29, 1.82) is 0 Å². The van der Waals surface area contributed by atoms with Crippen LogP contribution in [0.25, 0.3) is 0 Å². The van der Waals surface area contributed by atoms with Crippen molar-refractivity contribution >= 4 is 10.0 Å². The van der Waals surface area contributed by atoms with Gasteiger partial charge >= 0.3 is 0 Å². The van der Waals surface area contributed by atoms with Crippen LogP contribution in [0.4, 0.5) is 0 Å². The third-order valence-corrected chi connectivity index (χ3v) is 5.17. The van der Waals surface area contributed by atoms with E-state index in [9.17, 15) is 8.42 Å². The van der Waals surface area contributed by atoms with Gasteiger partial charge < -0.3 is 5.73 Å². The molecule has 1 rings (SSSR count). The summed E-state index contributed by atoms with van der Waals surface area (Å²) in [5.74, 6) is 0.219. The van der Waals surface area contributed by atoms with Gasteiger partial charge in [-0.2, -0.15) is 4.31 Å². The molecule has 17 heavy (non-hydrogen) atoms. The van der Waals surface area contributed by atoms with E-state index < -0.39 is 10.0 Å². The molecule has 0 atom stereocenters. The maximum absolute atomic E-state index is 12.1. The van der Waals surface area contributed by atoms with Crippen molar-refractivity contribution in [1.82, 2.24) is 9.21 Å². The molecule has 0 aromatic heterocycles. The summed E-state index contributed by atoms with van der Waals surface area (Å²) < 4.78 is 25.9. The molecular formula is C11H25N3O2S. The molecule has 1 aliphatic rings. The monoisotopic (exact) mass is 263 g/mol. The minimum Gasteiger partial charge on any atom is -0.329 e. The Morgan fingerprint density at radius 1 is 1.12 bits per heavy atom. The molecule has 0 aliphatic carbocycles. The summed E-state index contributed by atoms with van der Waals surface area (Å²) in [6.07, 6.45) is 0. The Hall–Kier alpha value is -0.170. The fraction of sp³-hybridized carbons (Fsp3) is 1.00. The second kappa shape index (κ2) is 5.65. The number of hydrogen-bond acceptors (Lipinski definition) is 4. The van der Waals surface area contributed by atoms with Crippen molar-refractivity contribution in [3.8, 4) is 0 Å². The third-order valence-electron chi connectivity index (χ3n) is 2.79. The molecular weight excluding hydrogens is 238 g/mol. The van der Waals surface area contributed by atoms with Crippen molar-refractivity contribution < 1.29 is 8.42 Å². The highest BCUT2D eigenvalue weighted by Gasteiger charge is 2.30. The number of hydrogen-bond donors (Lipinski definition) is 1. The van der Waals surface area contributed by atoms with Crippen LogP contribution in [0, 0.1) is 5.41 Å². The first kappa shape index (κ1) is 14.9. The van der Waals surface area contributed by atoms with Crippen molar-refractivity contribution in [3.63, 3.8) is 0 Å². The lowest BCUT2D eigenvalue weighted by atomic mass is 10.0. The molecule has 1 aliphatic heterocycles. The van der Waals surface area contributed by atoms with E-state index in [0.717, 1.165) is 19.6 Å². The van der Waals surface area contributed by atoms with Crippen molar-refractivity contribution in [3.05, 3.63) is 0 Å². The van der Waals surface area contributed by atoms with Gasteiger partial charge in [0.1, 0.15) is 0 Å². The minimum absolute atomic E-state index is 0.187. The van der Waals surface area contributed by atoms with Crippen molar-refractivity contribution in [2.75, 3.05) is 45.0 Å². The first-order valence-corrected chi connectivity index (χ1v) is 7.76. The quantitative estimate of drug-likeness (QED) is 0.771. The molecule has 0 unspecified atom stereocenters. The van der Waals surface area contributed by atoms with E-state index in [4.69, 9.17) is 5.73 Å². The average Bonchev–Trinajstić information content (AvgIpc) is 2.15. The smallest absolute Gasteiger partial charge is 0.214 e. The maximum Gasteiger partial charge on any atom is 0.214 e. The van der Waals surface area contributed by atoms with Gasteiger partial charge in [0.25, 0.3) is 0 Å². The lowest BCUT2D eigenvalue weighted by Crippen LogP contribution is -2.51. The van der Waals surface area contributed by atoms with Crippen LogP contribution >= 0.6 is 0 Å². The molecule has 0 aromatic rings. The van der Waals surface area contributed by atoms with E-state index in [0.29, 0.717) is 19.6 Å². The largest absolute Gasteiger partial charge is 0.329 e. The Balaban J connectivity index is 2.53. The molecule has 102 valence electrons. The Kier molecular flexibility index (Phi) is 4.95. The van der Waals surface area contributed by atoms with E-state index in [1.807, 2.05) is 20.8 Å². The second-order valence-corrected chi connectivity index (χ2v) is 7.82. The van der Waals surface area contributed by atoms with E-state index >= 15 is 0 Å². The average molecular weight is 263 g/mol. The molecule has 0 radical (unpaired) electrons. The van der Waals surface area contributed by atoms with Gasteiger partial charge in [-0.05, 0) is 5.41 Å². The highest BCUT2D eigenvalue weighted by Crippen LogP contribution is 2.19. The highest BCUT2D eigenvalue weighted by molar-refractivity contribution is 7.89. The maximum atomic E-state index is 12.1. The number of sulfonamides is 1. The van der Waals surface area contributed by atoms with Gasteiger partial charge in [-0.1, -0.05) is 20.8 Å². The van der Waals surface area contributed by atoms with Gasteiger partial charge in [0.05, 0.1) is 5.75 Å². The lowest BCUT2D eigenvalue weighted by molar-refractivity contribution is 0.191. The summed E-state index contributed by atoms with van der Waals surface area (Å²) >= 11 is 0. The first-order chi connectivity index (χ1) is 7.74. The van der Waals surface area contributed by atoms with E-state index in [-0.39, 0.29) is 11.2 Å². The lowest BCUT2D eigenvalue weighted by Gasteiger charge is -2.35. The summed E-state index contributed by atoms with van der Waals surface area (Å²) in [4.78, 5) is 2.21. The van der Waals surface area contributed by atoms with Gasteiger partial charge in [-0.15, -0.1) is 0 Å². The van der Waals surface area contributed by atoms with E-state index in [1.54, 1.807) is 4.31 Å². The van der Waals surface area contributed by atoms with Crippen LogP contribution in [0.3, 0.4) is 0 Å². The van der Waals surface area contributed by atoms with E-state index in [2.05, 4.69) is 4.90 Å². The molecule has 0 bridgehead atoms. The zero-order chi connectivity index (χ0) is 13.1. The van der Waals surface area contributed by atoms with Gasteiger partial charge in [-0.25, -0.2) is 8.42 Å². The molecule has 0 spiro atoms. The van der Waals surface area contributed by atoms with E-state index in [1.165, 1.54) is 0 Å². The molecule has 0 saturated carbocycles. The summed E-state index contributed by atoms with van der Waals surface area (Å²) in [7, 11) is -3.10. The van der Waals surface area contributed by atoms with Crippen LogP contribution in [0.2, 0.25) is 0 Å². The topological polar surface area (TPSA) is 66.6 Å². The predicted octanol–water partition coefficient (Wildman–Crippen LogP) is -0.0614. The van der Waals surface area contributed by atoms with Gasteiger partial charge in [-0.3, -0.25) is 4.90 Å². The molecule has 5 nitrogen and oxygen atoms in total. The minimum atomic E-state index is -3.10. The van der Waals surface area contributed by atoms with Gasteiger partial charge in [0.15, 0.2) is 0 Å². The second-order valence-electron chi connectivity index (χ2n) is 5.85. The van der Waals surface area contributed by atoms with Crippen LogP contribution < -0.4 is 5.73 Å². The van der Waals surface area contributed by atoms with Crippen LogP contribution in [0.1, 0.15) is 20.8 Å². The number of nitrogens with zero attached hydrogens (tertiary/aromatic N) is 2. The number of rotatable bonds is 4. The molecule has 2 N–H and O–H groups in total. The Bertz CT molecular complexity index is 327. The van der Waals surface area contributed by atoms with Gasteiger partial charge in [0.2, 0.25) is 10.0 Å². The predicted molar refractivity (Wildman–Crippen MR) is 70.3 cm³/mol. The van der Waals surface area contributed by atoms with Crippen LogP contribution in [0.15, 0.2) is 0 Å². The number of nitrogens with two attached hydrogens (primary N) is 1. The SMILES string of the molecule is CC(C)(C)CS(=O)(=O)N1CCN(CCN)CC1. The Morgan fingerprint density at radius 2 is 1.65 bits per heavy atom. The highest BCUT2D eigenvalue weighted by atomic mass is 32.2. The summed E-state index contributed by atoms with van der Waals surface area (Å²) in [6.45, 7) is 10.1. The van der Waals surface area contributed by atoms with Gasteiger partial charge in [0, 0.05) is 39.3 Å². The van der Waals surface area contributed by atoms with Crippen LogP contribution in [0.5, 0.6) is 0 Å². The van der Waals surface area contributed by atoms with Crippen molar-refractivity contribution in [2.45, 2.75) is 20.8 Å². The Labute approximate surface area is 105 Å². The third kappa shape index (κ3) is 4.91. The van der Waals surface area contributed by atoms with Crippen molar-refractivity contribution in [2.24, 2.45) is 11.1 Å². The fourth-order valence-corrected chi connectivity index (χ4v) is 4.05. The molecule has 0 aromatic carbocycles.